The summed E-state index contributed by atoms with van der Waals surface area (Å²) in [5.41, 5.74) is 6.85. The van der Waals surface area contributed by atoms with Gasteiger partial charge in [0.25, 0.3) is 0 Å². The van der Waals surface area contributed by atoms with Crippen molar-refractivity contribution < 1.29 is 19.0 Å². The van der Waals surface area contributed by atoms with Crippen molar-refractivity contribution in [2.45, 2.75) is 26.4 Å². The summed E-state index contributed by atoms with van der Waals surface area (Å²) >= 11 is 0. The van der Waals surface area contributed by atoms with Crippen molar-refractivity contribution >= 4 is 22.9 Å². The number of benzene rings is 4. The second-order valence-electron chi connectivity index (χ2n) is 9.75. The predicted octanol–water partition coefficient (Wildman–Crippen LogP) is 7.59. The molecule has 0 aliphatic heterocycles. The first-order valence-electron chi connectivity index (χ1n) is 14.1. The Hall–Kier alpha value is -4.61. The number of ether oxygens (including phenoxy) is 3. The summed E-state index contributed by atoms with van der Waals surface area (Å²) in [6.07, 6.45) is 7.37. The first-order chi connectivity index (χ1) is 20.2. The number of rotatable bonds is 13. The summed E-state index contributed by atoms with van der Waals surface area (Å²) in [6, 6.07) is 35.1. The monoisotopic (exact) mass is 545 g/mol. The number of aromatic nitrogens is 1. The number of aryl methyl sites for hydroxylation is 2. The van der Waals surface area contributed by atoms with Gasteiger partial charge in [-0.25, -0.2) is 4.79 Å². The Kier molecular flexibility index (Phi) is 9.64. The number of nitrogens with zero attached hydrogens (tertiary/aromatic N) is 1. The van der Waals surface area contributed by atoms with Crippen molar-refractivity contribution in [1.29, 1.82) is 0 Å². The Balaban J connectivity index is 1.30. The lowest BCUT2D eigenvalue weighted by molar-refractivity contribution is -0.137. The van der Waals surface area contributed by atoms with Crippen LogP contribution < -0.4 is 4.74 Å². The van der Waals surface area contributed by atoms with E-state index < -0.39 is 0 Å². The number of carbonyl (C=O) groups excluding carboxylic acids is 1. The molecule has 5 nitrogen and oxygen atoms in total. The average Bonchev–Trinajstić information content (AvgIpc) is 3.38. The van der Waals surface area contributed by atoms with Gasteiger partial charge in [0.05, 0.1) is 25.3 Å². The molecule has 0 fully saturated rings. The molecule has 5 aromatic rings. The third-order valence-electron chi connectivity index (χ3n) is 6.86. The minimum atomic E-state index is -0.334. The van der Waals surface area contributed by atoms with Crippen LogP contribution in [0.3, 0.4) is 0 Å². The third-order valence-corrected chi connectivity index (χ3v) is 6.86. The fourth-order valence-corrected chi connectivity index (χ4v) is 4.80. The molecule has 0 bridgehead atoms. The highest BCUT2D eigenvalue weighted by Crippen LogP contribution is 2.29. The van der Waals surface area contributed by atoms with Gasteiger partial charge in [-0.05, 0) is 84.5 Å². The standard InChI is InChI=1S/C36H35NO4/c1-2-40-36(38)22-15-29-14-21-35-34(25-29)31(16-13-28-9-5-3-6-10-28)26-37(35)32-17-19-33(20-18-32)41-24-23-39-27-30-11-7-4-8-12-30/h3-12,14-15,17-22,25-26H,2,13,16,23-24,27H2,1H3/b22-15+. The normalized spacial score (nSPS) is 11.2. The van der Waals surface area contributed by atoms with Gasteiger partial charge in [-0.2, -0.15) is 0 Å². The van der Waals surface area contributed by atoms with E-state index in [1.807, 2.05) is 48.5 Å². The summed E-state index contributed by atoms with van der Waals surface area (Å²) < 4.78 is 18.9. The van der Waals surface area contributed by atoms with Gasteiger partial charge in [-0.15, -0.1) is 0 Å². The van der Waals surface area contributed by atoms with E-state index in [2.05, 4.69) is 71.4 Å². The van der Waals surface area contributed by atoms with E-state index >= 15 is 0 Å². The maximum absolute atomic E-state index is 11.8. The Labute approximate surface area is 241 Å². The van der Waals surface area contributed by atoms with Crippen LogP contribution in [0.5, 0.6) is 5.75 Å². The topological polar surface area (TPSA) is 49.7 Å². The van der Waals surface area contributed by atoms with E-state index in [-0.39, 0.29) is 5.97 Å². The van der Waals surface area contributed by atoms with Crippen molar-refractivity contribution in [1.82, 2.24) is 4.57 Å². The molecule has 0 unspecified atom stereocenters. The lowest BCUT2D eigenvalue weighted by Gasteiger charge is -2.10. The van der Waals surface area contributed by atoms with Gasteiger partial charge in [0.2, 0.25) is 0 Å². The van der Waals surface area contributed by atoms with E-state index in [0.717, 1.165) is 40.9 Å². The highest BCUT2D eigenvalue weighted by Gasteiger charge is 2.11. The Bertz CT molecular complexity index is 1570. The summed E-state index contributed by atoms with van der Waals surface area (Å²) in [5.74, 6) is 0.476. The van der Waals surface area contributed by atoms with Crippen LogP contribution >= 0.6 is 0 Å². The highest BCUT2D eigenvalue weighted by molar-refractivity contribution is 5.91. The SMILES string of the molecule is CCOC(=O)/C=C/c1ccc2c(c1)c(CCc1ccccc1)cn2-c1ccc(OCCOCc2ccccc2)cc1. The zero-order chi connectivity index (χ0) is 28.3. The number of hydrogen-bond donors (Lipinski definition) is 0. The van der Waals surface area contributed by atoms with Gasteiger partial charge in [0.1, 0.15) is 12.4 Å². The quantitative estimate of drug-likeness (QED) is 0.0869. The molecule has 0 atom stereocenters. The minimum absolute atomic E-state index is 0.334. The highest BCUT2D eigenvalue weighted by atomic mass is 16.5. The number of hydrogen-bond acceptors (Lipinski definition) is 4. The lowest BCUT2D eigenvalue weighted by Crippen LogP contribution is -2.06. The van der Waals surface area contributed by atoms with Gasteiger partial charge < -0.3 is 18.8 Å². The summed E-state index contributed by atoms with van der Waals surface area (Å²) in [5, 5.41) is 1.17. The van der Waals surface area contributed by atoms with Gasteiger partial charge in [0, 0.05) is 23.3 Å². The van der Waals surface area contributed by atoms with Crippen molar-refractivity contribution in [2.24, 2.45) is 0 Å². The van der Waals surface area contributed by atoms with E-state index in [9.17, 15) is 4.79 Å². The van der Waals surface area contributed by atoms with Gasteiger partial charge in [-0.3, -0.25) is 0 Å². The fourth-order valence-electron chi connectivity index (χ4n) is 4.80. The van der Waals surface area contributed by atoms with E-state index in [0.29, 0.717) is 26.4 Å². The zero-order valence-corrected chi connectivity index (χ0v) is 23.4. The molecule has 5 heteroatoms. The Morgan fingerprint density at radius 2 is 1.54 bits per heavy atom. The zero-order valence-electron chi connectivity index (χ0n) is 23.4. The molecule has 0 N–H and O–H groups in total. The molecule has 0 saturated heterocycles. The van der Waals surface area contributed by atoms with Gasteiger partial charge in [0.15, 0.2) is 0 Å². The molecule has 0 spiro atoms. The lowest BCUT2D eigenvalue weighted by atomic mass is 10.0. The van der Waals surface area contributed by atoms with Crippen LogP contribution in [0, 0.1) is 0 Å². The molecular formula is C36H35NO4. The number of esters is 1. The van der Waals surface area contributed by atoms with Crippen LogP contribution in [0.15, 0.2) is 115 Å². The molecule has 4 aromatic carbocycles. The smallest absolute Gasteiger partial charge is 0.330 e. The molecule has 41 heavy (non-hydrogen) atoms. The van der Waals surface area contributed by atoms with Crippen LogP contribution in [0.2, 0.25) is 0 Å². The second-order valence-corrected chi connectivity index (χ2v) is 9.75. The van der Waals surface area contributed by atoms with E-state index in [1.54, 1.807) is 6.92 Å². The Morgan fingerprint density at radius 3 is 2.27 bits per heavy atom. The van der Waals surface area contributed by atoms with Crippen LogP contribution in [-0.4, -0.2) is 30.4 Å². The molecule has 0 amide bonds. The van der Waals surface area contributed by atoms with Crippen LogP contribution in [0.4, 0.5) is 0 Å². The third kappa shape index (κ3) is 7.74. The summed E-state index contributed by atoms with van der Waals surface area (Å²) in [6.45, 7) is 3.76. The largest absolute Gasteiger partial charge is 0.491 e. The molecule has 1 aromatic heterocycles. The number of fused-ring (bicyclic) bond motifs is 1. The molecular weight excluding hydrogens is 510 g/mol. The van der Waals surface area contributed by atoms with Gasteiger partial charge >= 0.3 is 5.97 Å². The average molecular weight is 546 g/mol. The van der Waals surface area contributed by atoms with Gasteiger partial charge in [-0.1, -0.05) is 66.7 Å². The Morgan fingerprint density at radius 1 is 0.805 bits per heavy atom. The maximum atomic E-state index is 11.8. The van der Waals surface area contributed by atoms with Crippen molar-refractivity contribution in [3.63, 3.8) is 0 Å². The molecule has 0 aliphatic rings. The molecule has 0 radical (unpaired) electrons. The van der Waals surface area contributed by atoms with Crippen LogP contribution in [0.1, 0.15) is 29.2 Å². The fraction of sp³-hybridized carbons (Fsp3) is 0.194. The van der Waals surface area contributed by atoms with Crippen molar-refractivity contribution in [3.05, 3.63) is 138 Å². The van der Waals surface area contributed by atoms with Crippen molar-refractivity contribution in [2.75, 3.05) is 19.8 Å². The maximum Gasteiger partial charge on any atom is 0.330 e. The molecule has 1 heterocycles. The van der Waals surface area contributed by atoms with E-state index in [1.165, 1.54) is 22.6 Å². The van der Waals surface area contributed by atoms with Crippen molar-refractivity contribution in [3.8, 4) is 11.4 Å². The van der Waals surface area contributed by atoms with Crippen LogP contribution in [-0.2, 0) is 33.7 Å². The number of carbonyl (C=O) groups is 1. The summed E-state index contributed by atoms with van der Waals surface area (Å²) in [4.78, 5) is 11.8. The summed E-state index contributed by atoms with van der Waals surface area (Å²) in [7, 11) is 0. The van der Waals surface area contributed by atoms with E-state index in [4.69, 9.17) is 14.2 Å². The molecule has 208 valence electrons. The molecule has 5 rings (SSSR count). The van der Waals surface area contributed by atoms with Crippen LogP contribution in [0.25, 0.3) is 22.7 Å². The minimum Gasteiger partial charge on any atom is -0.491 e. The first kappa shape index (κ1) is 27.9. The molecule has 0 aliphatic carbocycles. The predicted molar refractivity (Wildman–Crippen MR) is 164 cm³/mol. The second kappa shape index (κ2) is 14.1. The molecule has 0 saturated carbocycles. The first-order valence-corrected chi connectivity index (χ1v) is 14.1.